The molecule has 4 nitrogen and oxygen atoms in total. The number of hydrogen-bond donors (Lipinski definition) is 2. The lowest BCUT2D eigenvalue weighted by Crippen LogP contribution is -2.38. The van der Waals surface area contributed by atoms with Gasteiger partial charge in [0.25, 0.3) is 0 Å². The van der Waals surface area contributed by atoms with E-state index >= 15 is 0 Å². The average molecular weight is 380 g/mol. The van der Waals surface area contributed by atoms with Gasteiger partial charge in [0.15, 0.2) is 0 Å². The molecule has 0 radical (unpaired) electrons. The Kier molecular flexibility index (Phi) is 5.53. The van der Waals surface area contributed by atoms with Crippen molar-refractivity contribution in [3.8, 4) is 0 Å². The fourth-order valence-electron chi connectivity index (χ4n) is 2.47. The van der Waals surface area contributed by atoms with E-state index in [9.17, 15) is 8.42 Å². The summed E-state index contributed by atoms with van der Waals surface area (Å²) < 4.78 is 28.2. The Balaban J connectivity index is 2.22. The first kappa shape index (κ1) is 16.3. The molecule has 1 aromatic carbocycles. The minimum Gasteiger partial charge on any atom is -0.392 e. The standard InChI is InChI=1S/C13H18BrNO3S2/c1-19-12-4-2-3-11(12)15-20(17,18)13-6-5-9(8-16)7-10(13)14/h5-7,11-12,15-16H,2-4,8H2,1H3. The number of rotatable bonds is 5. The Morgan fingerprint density at radius 3 is 2.80 bits per heavy atom. The molecule has 112 valence electrons. The molecule has 1 fully saturated rings. The number of aliphatic hydroxyl groups excluding tert-OH is 1. The predicted octanol–water partition coefficient (Wildman–Crippen LogP) is 2.50. The van der Waals surface area contributed by atoms with Crippen LogP contribution in [0, 0.1) is 0 Å². The van der Waals surface area contributed by atoms with E-state index in [0.29, 0.717) is 15.3 Å². The predicted molar refractivity (Wildman–Crippen MR) is 85.3 cm³/mol. The van der Waals surface area contributed by atoms with Crippen molar-refractivity contribution in [1.29, 1.82) is 0 Å². The van der Waals surface area contributed by atoms with Crippen molar-refractivity contribution in [2.24, 2.45) is 0 Å². The molecule has 1 saturated carbocycles. The Morgan fingerprint density at radius 2 is 2.20 bits per heavy atom. The topological polar surface area (TPSA) is 66.4 Å². The quantitative estimate of drug-likeness (QED) is 0.824. The smallest absolute Gasteiger partial charge is 0.241 e. The van der Waals surface area contributed by atoms with Crippen LogP contribution >= 0.6 is 27.7 Å². The molecule has 2 N–H and O–H groups in total. The summed E-state index contributed by atoms with van der Waals surface area (Å²) in [6.07, 6.45) is 5.02. The largest absolute Gasteiger partial charge is 0.392 e. The Bertz CT molecular complexity index is 577. The number of hydrogen-bond acceptors (Lipinski definition) is 4. The summed E-state index contributed by atoms with van der Waals surface area (Å²) in [5.41, 5.74) is 0.679. The normalized spacial score (nSPS) is 23.1. The van der Waals surface area contributed by atoms with Gasteiger partial charge in [0, 0.05) is 15.8 Å². The van der Waals surface area contributed by atoms with Crippen molar-refractivity contribution in [3.63, 3.8) is 0 Å². The van der Waals surface area contributed by atoms with E-state index in [-0.39, 0.29) is 17.5 Å². The highest BCUT2D eigenvalue weighted by Gasteiger charge is 2.31. The van der Waals surface area contributed by atoms with E-state index in [1.807, 2.05) is 6.26 Å². The molecule has 1 aromatic rings. The van der Waals surface area contributed by atoms with E-state index in [1.165, 1.54) is 6.07 Å². The molecule has 20 heavy (non-hydrogen) atoms. The molecule has 1 aliphatic carbocycles. The monoisotopic (exact) mass is 379 g/mol. The van der Waals surface area contributed by atoms with Crippen LogP contribution in [0.25, 0.3) is 0 Å². The highest BCUT2D eigenvalue weighted by molar-refractivity contribution is 9.10. The van der Waals surface area contributed by atoms with Crippen molar-refractivity contribution in [1.82, 2.24) is 4.72 Å². The molecule has 1 aliphatic rings. The number of sulfonamides is 1. The van der Waals surface area contributed by atoms with Gasteiger partial charge in [-0.2, -0.15) is 11.8 Å². The second kappa shape index (κ2) is 6.79. The summed E-state index contributed by atoms with van der Waals surface area (Å²) in [5, 5.41) is 9.41. The molecule has 0 aliphatic heterocycles. The number of benzene rings is 1. The molecule has 0 saturated heterocycles. The summed E-state index contributed by atoms with van der Waals surface area (Å²) in [7, 11) is -3.53. The Morgan fingerprint density at radius 1 is 1.45 bits per heavy atom. The van der Waals surface area contributed by atoms with E-state index in [1.54, 1.807) is 23.9 Å². The van der Waals surface area contributed by atoms with Gasteiger partial charge in [0.2, 0.25) is 10.0 Å². The number of aliphatic hydroxyl groups is 1. The van der Waals surface area contributed by atoms with E-state index in [4.69, 9.17) is 5.11 Å². The molecule has 0 aromatic heterocycles. The van der Waals surface area contributed by atoms with Crippen molar-refractivity contribution in [2.75, 3.05) is 6.26 Å². The summed E-state index contributed by atoms with van der Waals surface area (Å²) in [6, 6.07) is 4.79. The van der Waals surface area contributed by atoms with Crippen molar-refractivity contribution < 1.29 is 13.5 Å². The molecule has 0 heterocycles. The van der Waals surface area contributed by atoms with Gasteiger partial charge in [0.1, 0.15) is 0 Å². The third kappa shape index (κ3) is 3.57. The Labute approximate surface area is 132 Å². The third-order valence-corrected chi connectivity index (χ3v) is 7.17. The van der Waals surface area contributed by atoms with E-state index < -0.39 is 10.0 Å². The lowest BCUT2D eigenvalue weighted by Gasteiger charge is -2.19. The van der Waals surface area contributed by atoms with Gasteiger partial charge in [-0.1, -0.05) is 12.5 Å². The van der Waals surface area contributed by atoms with Gasteiger partial charge in [-0.3, -0.25) is 0 Å². The van der Waals surface area contributed by atoms with Crippen molar-refractivity contribution >= 4 is 37.7 Å². The van der Waals surface area contributed by atoms with Crippen LogP contribution < -0.4 is 4.72 Å². The van der Waals surface area contributed by atoms with Gasteiger partial charge in [0.05, 0.1) is 11.5 Å². The zero-order valence-corrected chi connectivity index (χ0v) is 14.4. The van der Waals surface area contributed by atoms with Crippen molar-refractivity contribution in [3.05, 3.63) is 28.2 Å². The van der Waals surface area contributed by atoms with Gasteiger partial charge < -0.3 is 5.11 Å². The fourth-order valence-corrected chi connectivity index (χ4v) is 5.92. The molecule has 0 bridgehead atoms. The first-order valence-electron chi connectivity index (χ1n) is 6.42. The van der Waals surface area contributed by atoms with Crippen LogP contribution in [0.3, 0.4) is 0 Å². The maximum Gasteiger partial charge on any atom is 0.241 e. The third-order valence-electron chi connectivity index (χ3n) is 3.53. The minimum absolute atomic E-state index is 0.000539. The number of halogens is 1. The summed E-state index contributed by atoms with van der Waals surface area (Å²) >= 11 is 4.98. The number of nitrogens with one attached hydrogen (secondary N) is 1. The SMILES string of the molecule is CSC1CCCC1NS(=O)(=O)c1ccc(CO)cc1Br. The van der Waals surface area contributed by atoms with Gasteiger partial charge in [-0.05, 0) is 52.7 Å². The second-order valence-electron chi connectivity index (χ2n) is 4.86. The summed E-state index contributed by atoms with van der Waals surface area (Å²) in [6.45, 7) is -0.108. The Hall–Kier alpha value is -0.0800. The van der Waals surface area contributed by atoms with Crippen LogP contribution in [-0.2, 0) is 16.6 Å². The van der Waals surface area contributed by atoms with Crippen LogP contribution in [0.15, 0.2) is 27.6 Å². The molecule has 0 spiro atoms. The van der Waals surface area contributed by atoms with Gasteiger partial charge in [-0.25, -0.2) is 13.1 Å². The summed E-state index contributed by atoms with van der Waals surface area (Å²) in [4.78, 5) is 0.224. The van der Waals surface area contributed by atoms with Gasteiger partial charge in [-0.15, -0.1) is 0 Å². The lowest BCUT2D eigenvalue weighted by atomic mass is 10.2. The second-order valence-corrected chi connectivity index (χ2v) is 8.47. The molecular formula is C13H18BrNO3S2. The number of thioether (sulfide) groups is 1. The average Bonchev–Trinajstić information content (AvgIpc) is 2.84. The fraction of sp³-hybridized carbons (Fsp3) is 0.538. The van der Waals surface area contributed by atoms with Crippen LogP contribution in [0.5, 0.6) is 0 Å². The van der Waals surface area contributed by atoms with Crippen LogP contribution in [0.1, 0.15) is 24.8 Å². The molecule has 7 heteroatoms. The highest BCUT2D eigenvalue weighted by atomic mass is 79.9. The zero-order valence-electron chi connectivity index (χ0n) is 11.2. The lowest BCUT2D eigenvalue weighted by molar-refractivity contribution is 0.281. The van der Waals surface area contributed by atoms with Crippen molar-refractivity contribution in [2.45, 2.75) is 42.1 Å². The molecule has 2 atom stereocenters. The van der Waals surface area contributed by atoms with E-state index in [2.05, 4.69) is 20.7 Å². The maximum absolute atomic E-state index is 12.5. The van der Waals surface area contributed by atoms with E-state index in [0.717, 1.165) is 19.3 Å². The first-order chi connectivity index (χ1) is 9.47. The maximum atomic E-state index is 12.5. The minimum atomic E-state index is -3.53. The molecule has 2 unspecified atom stereocenters. The van der Waals surface area contributed by atoms with Crippen LogP contribution in [0.2, 0.25) is 0 Å². The van der Waals surface area contributed by atoms with Gasteiger partial charge >= 0.3 is 0 Å². The molecular weight excluding hydrogens is 362 g/mol. The molecule has 0 amide bonds. The van der Waals surface area contributed by atoms with Crippen LogP contribution in [0.4, 0.5) is 0 Å². The summed E-state index contributed by atoms with van der Waals surface area (Å²) in [5.74, 6) is 0. The van der Waals surface area contributed by atoms with Crippen LogP contribution in [-0.4, -0.2) is 31.1 Å². The molecule has 2 rings (SSSR count). The zero-order chi connectivity index (χ0) is 14.8. The highest BCUT2D eigenvalue weighted by Crippen LogP contribution is 2.30. The first-order valence-corrected chi connectivity index (χ1v) is 9.98.